The third-order valence-electron chi connectivity index (χ3n) is 8.26. The molecule has 7 aromatic carbocycles. The molecule has 0 saturated carbocycles. The molecule has 0 N–H and O–H groups in total. The molecule has 39 heavy (non-hydrogen) atoms. The first kappa shape index (κ1) is 23.6. The lowest BCUT2D eigenvalue weighted by Crippen LogP contribution is -2.12. The van der Waals surface area contributed by atoms with E-state index >= 15 is 0 Å². The molecule has 0 saturated heterocycles. The van der Waals surface area contributed by atoms with Crippen LogP contribution >= 0.6 is 0 Å². The van der Waals surface area contributed by atoms with Gasteiger partial charge in [0.05, 0.1) is 0 Å². The molecule has 0 radical (unpaired) electrons. The number of halogens is 1. The fraction of sp³-hybridized carbons (Fsp3) is 0.105. The maximum atomic E-state index is 14.4. The lowest BCUT2D eigenvalue weighted by molar-refractivity contribution is 0.560. The first-order valence-electron chi connectivity index (χ1n) is 13.8. The van der Waals surface area contributed by atoms with Crippen molar-refractivity contribution in [3.63, 3.8) is 0 Å². The van der Waals surface area contributed by atoms with Crippen LogP contribution in [0.5, 0.6) is 0 Å². The van der Waals surface area contributed by atoms with Gasteiger partial charge in [-0.15, -0.1) is 0 Å². The molecule has 8 rings (SSSR count). The van der Waals surface area contributed by atoms with Crippen molar-refractivity contribution < 1.29 is 4.39 Å². The SMILES string of the molecule is Fc1ccccc1C1CCCc2c1ccc1c2ccc2ccccc21.c1ccc2cc3ccccc3cc2c1. The molecular formula is C38H29F. The van der Waals surface area contributed by atoms with Crippen LogP contribution in [0.15, 0.2) is 133 Å². The Morgan fingerprint density at radius 2 is 1.03 bits per heavy atom. The van der Waals surface area contributed by atoms with Crippen LogP contribution in [-0.4, -0.2) is 0 Å². The highest BCUT2D eigenvalue weighted by atomic mass is 19.1. The van der Waals surface area contributed by atoms with Gasteiger partial charge >= 0.3 is 0 Å². The number of hydrogen-bond acceptors (Lipinski definition) is 0. The van der Waals surface area contributed by atoms with Crippen LogP contribution in [0.25, 0.3) is 43.1 Å². The van der Waals surface area contributed by atoms with Gasteiger partial charge in [0.2, 0.25) is 0 Å². The van der Waals surface area contributed by atoms with Crippen LogP contribution in [0.2, 0.25) is 0 Å². The summed E-state index contributed by atoms with van der Waals surface area (Å²) in [6, 6.07) is 46.1. The predicted octanol–water partition coefficient (Wildman–Crippen LogP) is 10.6. The van der Waals surface area contributed by atoms with Gasteiger partial charge in [-0.05, 0) is 97.2 Å². The standard InChI is InChI=1S/C24H19F.C14H10/c25-24-11-4-3-8-23(24)19-10-5-9-18-21-13-12-16-6-1-2-7-17(16)20(21)14-15-22(18)19;1-2-6-12-10-14-8-4-3-7-13(14)9-11(12)5-1/h1-4,6-8,11-15,19H,5,9-10H2;1-10H. The summed E-state index contributed by atoms with van der Waals surface area (Å²) in [6.07, 6.45) is 3.21. The number of aryl methyl sites for hydroxylation is 1. The summed E-state index contributed by atoms with van der Waals surface area (Å²) in [5.74, 6) is 0.0831. The zero-order chi connectivity index (χ0) is 26.2. The van der Waals surface area contributed by atoms with Gasteiger partial charge in [0.1, 0.15) is 5.82 Å². The highest BCUT2D eigenvalue weighted by molar-refractivity contribution is 6.08. The third kappa shape index (κ3) is 4.34. The van der Waals surface area contributed by atoms with E-state index in [1.807, 2.05) is 12.1 Å². The van der Waals surface area contributed by atoms with Gasteiger partial charge in [0, 0.05) is 5.92 Å². The van der Waals surface area contributed by atoms with Crippen molar-refractivity contribution in [2.75, 3.05) is 0 Å². The predicted molar refractivity (Wildman–Crippen MR) is 164 cm³/mol. The smallest absolute Gasteiger partial charge is 0.127 e. The summed E-state index contributed by atoms with van der Waals surface area (Å²) in [4.78, 5) is 0. The van der Waals surface area contributed by atoms with E-state index in [1.54, 1.807) is 12.1 Å². The lowest BCUT2D eigenvalue weighted by Gasteiger charge is -2.27. The van der Waals surface area contributed by atoms with Crippen LogP contribution in [-0.2, 0) is 6.42 Å². The molecule has 0 aliphatic heterocycles. The van der Waals surface area contributed by atoms with E-state index in [2.05, 4.69) is 109 Å². The lowest BCUT2D eigenvalue weighted by atomic mass is 9.77. The van der Waals surface area contributed by atoms with Crippen molar-refractivity contribution in [3.8, 4) is 0 Å². The summed E-state index contributed by atoms with van der Waals surface area (Å²) >= 11 is 0. The molecule has 1 unspecified atom stereocenters. The quantitative estimate of drug-likeness (QED) is 0.154. The Morgan fingerprint density at radius 1 is 0.462 bits per heavy atom. The van der Waals surface area contributed by atoms with E-state index in [0.29, 0.717) is 0 Å². The number of rotatable bonds is 1. The molecule has 0 fully saturated rings. The summed E-state index contributed by atoms with van der Waals surface area (Å²) in [7, 11) is 0. The van der Waals surface area contributed by atoms with Crippen molar-refractivity contribution in [1.29, 1.82) is 0 Å². The van der Waals surface area contributed by atoms with Crippen LogP contribution in [0.1, 0.15) is 35.4 Å². The molecule has 1 atom stereocenters. The maximum Gasteiger partial charge on any atom is 0.127 e. The summed E-state index contributed by atoms with van der Waals surface area (Å²) < 4.78 is 14.4. The van der Waals surface area contributed by atoms with E-state index in [1.165, 1.54) is 54.2 Å². The molecule has 0 spiro atoms. The second-order valence-electron chi connectivity index (χ2n) is 10.5. The Bertz CT molecular complexity index is 1860. The first-order chi connectivity index (χ1) is 19.3. The molecule has 7 aromatic rings. The van der Waals surface area contributed by atoms with Crippen LogP contribution in [0.4, 0.5) is 4.39 Å². The average Bonchev–Trinajstić information content (AvgIpc) is 3.00. The topological polar surface area (TPSA) is 0 Å². The van der Waals surface area contributed by atoms with Gasteiger partial charge in [0.15, 0.2) is 0 Å². The highest BCUT2D eigenvalue weighted by Gasteiger charge is 2.25. The largest absolute Gasteiger partial charge is 0.207 e. The third-order valence-corrected chi connectivity index (χ3v) is 8.26. The zero-order valence-corrected chi connectivity index (χ0v) is 21.8. The second-order valence-corrected chi connectivity index (χ2v) is 10.5. The van der Waals surface area contributed by atoms with Crippen molar-refractivity contribution >= 4 is 43.1 Å². The molecule has 0 bridgehead atoms. The monoisotopic (exact) mass is 504 g/mol. The Labute approximate surface area is 228 Å². The van der Waals surface area contributed by atoms with Crippen LogP contribution in [0, 0.1) is 5.82 Å². The minimum atomic E-state index is -0.0843. The van der Waals surface area contributed by atoms with Gasteiger partial charge in [-0.2, -0.15) is 0 Å². The van der Waals surface area contributed by atoms with E-state index in [0.717, 1.165) is 24.8 Å². The van der Waals surface area contributed by atoms with Crippen molar-refractivity contribution in [1.82, 2.24) is 0 Å². The Morgan fingerprint density at radius 3 is 1.69 bits per heavy atom. The normalized spacial score (nSPS) is 14.7. The molecule has 0 nitrogen and oxygen atoms in total. The number of hydrogen-bond donors (Lipinski definition) is 0. The van der Waals surface area contributed by atoms with Crippen molar-refractivity contribution in [2.24, 2.45) is 0 Å². The van der Waals surface area contributed by atoms with E-state index in [9.17, 15) is 4.39 Å². The van der Waals surface area contributed by atoms with Crippen molar-refractivity contribution in [3.05, 3.63) is 156 Å². The Hall–Kier alpha value is -4.49. The molecule has 0 amide bonds. The fourth-order valence-corrected chi connectivity index (χ4v) is 6.37. The minimum absolute atomic E-state index is 0.0843. The first-order valence-corrected chi connectivity index (χ1v) is 13.8. The van der Waals surface area contributed by atoms with Crippen LogP contribution < -0.4 is 0 Å². The minimum Gasteiger partial charge on any atom is -0.207 e. The van der Waals surface area contributed by atoms with Gasteiger partial charge in [0.25, 0.3) is 0 Å². The molecule has 0 aromatic heterocycles. The van der Waals surface area contributed by atoms with Crippen molar-refractivity contribution in [2.45, 2.75) is 25.2 Å². The molecule has 1 heteroatoms. The number of benzene rings is 7. The van der Waals surface area contributed by atoms with Crippen LogP contribution in [0.3, 0.4) is 0 Å². The zero-order valence-electron chi connectivity index (χ0n) is 21.8. The van der Waals surface area contributed by atoms with Gasteiger partial charge in [-0.25, -0.2) is 4.39 Å². The number of fused-ring (bicyclic) bond motifs is 7. The molecule has 1 aliphatic rings. The Balaban J connectivity index is 0.000000153. The molecule has 0 heterocycles. The molecule has 1 aliphatic carbocycles. The maximum absolute atomic E-state index is 14.4. The molecular weight excluding hydrogens is 475 g/mol. The fourth-order valence-electron chi connectivity index (χ4n) is 6.37. The summed E-state index contributed by atoms with van der Waals surface area (Å²) in [5, 5.41) is 10.5. The Kier molecular flexibility index (Phi) is 6.06. The van der Waals surface area contributed by atoms with E-state index in [-0.39, 0.29) is 11.7 Å². The second kappa shape index (κ2) is 10.0. The molecule has 188 valence electrons. The van der Waals surface area contributed by atoms with Gasteiger partial charge < -0.3 is 0 Å². The summed E-state index contributed by atoms with van der Waals surface area (Å²) in [5.41, 5.74) is 3.55. The summed E-state index contributed by atoms with van der Waals surface area (Å²) in [6.45, 7) is 0. The highest BCUT2D eigenvalue weighted by Crippen LogP contribution is 2.41. The van der Waals surface area contributed by atoms with E-state index in [4.69, 9.17) is 0 Å². The van der Waals surface area contributed by atoms with E-state index < -0.39 is 0 Å². The van der Waals surface area contributed by atoms with Gasteiger partial charge in [-0.3, -0.25) is 0 Å². The average molecular weight is 505 g/mol. The van der Waals surface area contributed by atoms with Gasteiger partial charge in [-0.1, -0.05) is 115 Å².